The summed E-state index contributed by atoms with van der Waals surface area (Å²) in [5.41, 5.74) is 1.04. The molecule has 4 nitrogen and oxygen atoms in total. The summed E-state index contributed by atoms with van der Waals surface area (Å²) >= 11 is 0. The van der Waals surface area contributed by atoms with E-state index in [1.807, 2.05) is 6.92 Å². The first-order valence-corrected chi connectivity index (χ1v) is 6.23. The van der Waals surface area contributed by atoms with Crippen LogP contribution in [-0.2, 0) is 0 Å². The Hall–Kier alpha value is -1.71. The zero-order valence-electron chi connectivity index (χ0n) is 11.4. The van der Waals surface area contributed by atoms with E-state index in [0.29, 0.717) is 17.4 Å². The van der Waals surface area contributed by atoms with Crippen molar-refractivity contribution in [1.29, 1.82) is 0 Å². The summed E-state index contributed by atoms with van der Waals surface area (Å²) in [7, 11) is 1.58. The Morgan fingerprint density at radius 2 is 2.11 bits per heavy atom. The molecule has 1 rings (SSSR count). The maximum absolute atomic E-state index is 11.3. The molecule has 0 saturated carbocycles. The third-order valence-electron chi connectivity index (χ3n) is 3.21. The molecule has 0 bridgehead atoms. The van der Waals surface area contributed by atoms with E-state index in [9.17, 15) is 9.90 Å². The van der Waals surface area contributed by atoms with Gasteiger partial charge in [0.2, 0.25) is 0 Å². The van der Waals surface area contributed by atoms with Crippen molar-refractivity contribution in [3.63, 3.8) is 0 Å². The van der Waals surface area contributed by atoms with Crippen LogP contribution in [0, 0.1) is 0 Å². The molecule has 0 amide bonds. The monoisotopic (exact) mass is 251 g/mol. The Kier molecular flexibility index (Phi) is 5.01. The highest BCUT2D eigenvalue weighted by molar-refractivity contribution is 5.95. The molecule has 0 aliphatic heterocycles. The van der Waals surface area contributed by atoms with Gasteiger partial charge in [-0.25, -0.2) is 4.79 Å². The lowest BCUT2D eigenvalue weighted by atomic mass is 10.1. The van der Waals surface area contributed by atoms with Gasteiger partial charge in [0.05, 0.1) is 18.4 Å². The van der Waals surface area contributed by atoms with Crippen LogP contribution in [0.2, 0.25) is 0 Å². The summed E-state index contributed by atoms with van der Waals surface area (Å²) in [6, 6.07) is 5.36. The highest BCUT2D eigenvalue weighted by Gasteiger charge is 2.19. The molecule has 1 atom stereocenters. The molecule has 0 fully saturated rings. The van der Waals surface area contributed by atoms with Crippen molar-refractivity contribution in [3.8, 4) is 5.75 Å². The van der Waals surface area contributed by atoms with E-state index < -0.39 is 5.97 Å². The SMILES string of the molecule is CCC(C)N(CC)c1cc(OC)ccc1C(=O)O. The normalized spacial score (nSPS) is 12.0. The van der Waals surface area contributed by atoms with Gasteiger partial charge in [0, 0.05) is 18.7 Å². The summed E-state index contributed by atoms with van der Waals surface area (Å²) in [6.07, 6.45) is 0.962. The third kappa shape index (κ3) is 2.94. The lowest BCUT2D eigenvalue weighted by molar-refractivity contribution is 0.0697. The van der Waals surface area contributed by atoms with E-state index in [0.717, 1.165) is 18.7 Å². The highest BCUT2D eigenvalue weighted by Crippen LogP contribution is 2.28. The molecule has 4 heteroatoms. The second-order valence-corrected chi connectivity index (χ2v) is 4.23. The lowest BCUT2D eigenvalue weighted by Gasteiger charge is -2.30. The molecule has 1 N–H and O–H groups in total. The standard InChI is InChI=1S/C14H21NO3/c1-5-10(3)15(6-2)13-9-11(18-4)7-8-12(13)14(16)17/h7-10H,5-6H2,1-4H3,(H,16,17). The smallest absolute Gasteiger partial charge is 0.337 e. The number of methoxy groups -OCH3 is 1. The Morgan fingerprint density at radius 1 is 1.44 bits per heavy atom. The molecule has 0 spiro atoms. The molecule has 0 radical (unpaired) electrons. The van der Waals surface area contributed by atoms with Crippen LogP contribution >= 0.6 is 0 Å². The van der Waals surface area contributed by atoms with Crippen LogP contribution in [0.5, 0.6) is 5.75 Å². The second kappa shape index (κ2) is 6.28. The molecule has 18 heavy (non-hydrogen) atoms. The lowest BCUT2D eigenvalue weighted by Crippen LogP contribution is -2.33. The Labute approximate surface area is 108 Å². The van der Waals surface area contributed by atoms with Crippen LogP contribution in [0.1, 0.15) is 37.6 Å². The third-order valence-corrected chi connectivity index (χ3v) is 3.21. The van der Waals surface area contributed by atoms with Crippen LogP contribution in [0.4, 0.5) is 5.69 Å². The summed E-state index contributed by atoms with van der Waals surface area (Å²) in [5, 5.41) is 9.26. The van der Waals surface area contributed by atoms with E-state index in [1.165, 1.54) is 0 Å². The van der Waals surface area contributed by atoms with Crippen molar-refractivity contribution >= 4 is 11.7 Å². The fraction of sp³-hybridized carbons (Fsp3) is 0.500. The molecule has 0 aliphatic rings. The first kappa shape index (κ1) is 14.4. The van der Waals surface area contributed by atoms with E-state index in [-0.39, 0.29) is 0 Å². The van der Waals surface area contributed by atoms with Gasteiger partial charge in [-0.3, -0.25) is 0 Å². The predicted molar refractivity (Wildman–Crippen MR) is 72.7 cm³/mol. The summed E-state index contributed by atoms with van der Waals surface area (Å²) in [5.74, 6) is -0.230. The fourth-order valence-electron chi connectivity index (χ4n) is 2.00. The molecule has 1 aromatic carbocycles. The highest BCUT2D eigenvalue weighted by atomic mass is 16.5. The number of carboxylic acids is 1. The number of hydrogen-bond acceptors (Lipinski definition) is 3. The Balaban J connectivity index is 3.28. The van der Waals surface area contributed by atoms with Crippen LogP contribution in [0.15, 0.2) is 18.2 Å². The van der Waals surface area contributed by atoms with Crippen LogP contribution in [0.3, 0.4) is 0 Å². The first-order valence-electron chi connectivity index (χ1n) is 6.23. The van der Waals surface area contributed by atoms with Crippen molar-refractivity contribution in [2.24, 2.45) is 0 Å². The van der Waals surface area contributed by atoms with E-state index in [4.69, 9.17) is 4.74 Å². The summed E-state index contributed by atoms with van der Waals surface area (Å²) in [4.78, 5) is 13.4. The molecular formula is C14H21NO3. The molecule has 0 saturated heterocycles. The van der Waals surface area contributed by atoms with Gasteiger partial charge in [0.1, 0.15) is 5.75 Å². The molecule has 100 valence electrons. The van der Waals surface area contributed by atoms with Crippen LogP contribution in [-0.4, -0.2) is 30.8 Å². The van der Waals surface area contributed by atoms with Crippen molar-refractivity contribution in [1.82, 2.24) is 0 Å². The number of carbonyl (C=O) groups is 1. The minimum atomic E-state index is -0.908. The van der Waals surface area contributed by atoms with Gasteiger partial charge in [-0.2, -0.15) is 0 Å². The number of carboxylic acid groups (broad SMARTS) is 1. The number of aromatic carboxylic acids is 1. The van der Waals surface area contributed by atoms with Gasteiger partial charge >= 0.3 is 5.97 Å². The fourth-order valence-corrected chi connectivity index (χ4v) is 2.00. The Bertz CT molecular complexity index is 418. The number of anilines is 1. The average Bonchev–Trinajstić information content (AvgIpc) is 2.38. The number of ether oxygens (including phenoxy) is 1. The molecule has 0 heterocycles. The molecule has 0 aliphatic carbocycles. The van der Waals surface area contributed by atoms with Gasteiger partial charge in [0.25, 0.3) is 0 Å². The van der Waals surface area contributed by atoms with Gasteiger partial charge in [-0.15, -0.1) is 0 Å². The molecular weight excluding hydrogens is 230 g/mol. The second-order valence-electron chi connectivity index (χ2n) is 4.23. The van der Waals surface area contributed by atoms with Gasteiger partial charge in [-0.05, 0) is 32.4 Å². The predicted octanol–water partition coefficient (Wildman–Crippen LogP) is 3.02. The number of rotatable bonds is 6. The largest absolute Gasteiger partial charge is 0.497 e. The van der Waals surface area contributed by atoms with Crippen molar-refractivity contribution in [2.45, 2.75) is 33.2 Å². The van der Waals surface area contributed by atoms with Crippen LogP contribution < -0.4 is 9.64 Å². The maximum atomic E-state index is 11.3. The summed E-state index contributed by atoms with van der Waals surface area (Å²) < 4.78 is 5.18. The summed E-state index contributed by atoms with van der Waals surface area (Å²) in [6.45, 7) is 6.97. The zero-order chi connectivity index (χ0) is 13.7. The van der Waals surface area contributed by atoms with Crippen LogP contribution in [0.25, 0.3) is 0 Å². The molecule has 1 unspecified atom stereocenters. The van der Waals surface area contributed by atoms with Gasteiger partial charge in [0.15, 0.2) is 0 Å². The molecule has 1 aromatic rings. The first-order chi connectivity index (χ1) is 8.54. The van der Waals surface area contributed by atoms with Crippen molar-refractivity contribution in [3.05, 3.63) is 23.8 Å². The van der Waals surface area contributed by atoms with E-state index in [2.05, 4.69) is 18.7 Å². The zero-order valence-corrected chi connectivity index (χ0v) is 11.4. The molecule has 0 aromatic heterocycles. The minimum Gasteiger partial charge on any atom is -0.497 e. The number of benzene rings is 1. The van der Waals surface area contributed by atoms with E-state index in [1.54, 1.807) is 25.3 Å². The van der Waals surface area contributed by atoms with Gasteiger partial charge in [-0.1, -0.05) is 6.92 Å². The van der Waals surface area contributed by atoms with Gasteiger partial charge < -0.3 is 14.7 Å². The average molecular weight is 251 g/mol. The topological polar surface area (TPSA) is 49.8 Å². The van der Waals surface area contributed by atoms with Crippen molar-refractivity contribution < 1.29 is 14.6 Å². The number of hydrogen-bond donors (Lipinski definition) is 1. The minimum absolute atomic E-state index is 0.292. The number of nitrogens with zero attached hydrogens (tertiary/aromatic N) is 1. The maximum Gasteiger partial charge on any atom is 0.337 e. The Morgan fingerprint density at radius 3 is 2.56 bits per heavy atom. The van der Waals surface area contributed by atoms with E-state index >= 15 is 0 Å². The quantitative estimate of drug-likeness (QED) is 0.844. The van der Waals surface area contributed by atoms with Crippen molar-refractivity contribution in [2.75, 3.05) is 18.6 Å².